The fourth-order valence-corrected chi connectivity index (χ4v) is 3.47. The molecule has 0 bridgehead atoms. The highest BCUT2D eigenvalue weighted by Gasteiger charge is 2.38. The Morgan fingerprint density at radius 2 is 2.00 bits per heavy atom. The van der Waals surface area contributed by atoms with Crippen LogP contribution in [0.1, 0.15) is 58.8 Å². The fraction of sp³-hybridized carbons (Fsp3) is 1.00. The summed E-state index contributed by atoms with van der Waals surface area (Å²) in [4.78, 5) is 0. The van der Waals surface area contributed by atoms with E-state index in [4.69, 9.17) is 5.73 Å². The lowest BCUT2D eigenvalue weighted by molar-refractivity contribution is 0.129. The summed E-state index contributed by atoms with van der Waals surface area (Å²) >= 11 is 0. The normalized spacial score (nSPS) is 38.3. The van der Waals surface area contributed by atoms with Crippen molar-refractivity contribution in [2.24, 2.45) is 23.5 Å². The highest BCUT2D eigenvalue weighted by Crippen LogP contribution is 2.37. The quantitative estimate of drug-likeness (QED) is 0.698. The summed E-state index contributed by atoms with van der Waals surface area (Å²) in [5, 5.41) is 3.81. The van der Waals surface area contributed by atoms with Crippen molar-refractivity contribution >= 4 is 0 Å². The molecule has 2 nitrogen and oxygen atoms in total. The van der Waals surface area contributed by atoms with Gasteiger partial charge in [0.2, 0.25) is 0 Å². The van der Waals surface area contributed by atoms with Gasteiger partial charge in [0.05, 0.1) is 0 Å². The van der Waals surface area contributed by atoms with Crippen molar-refractivity contribution in [3.63, 3.8) is 0 Å². The molecule has 3 unspecified atom stereocenters. The zero-order valence-electron chi connectivity index (χ0n) is 11.7. The van der Waals surface area contributed by atoms with E-state index in [0.29, 0.717) is 0 Å². The Bertz CT molecular complexity index is 237. The Kier molecular flexibility index (Phi) is 4.48. The monoisotopic (exact) mass is 238 g/mol. The molecule has 0 aromatic carbocycles. The third-order valence-electron chi connectivity index (χ3n) is 5.11. The minimum absolute atomic E-state index is 0.246. The van der Waals surface area contributed by atoms with E-state index in [1.54, 1.807) is 0 Å². The molecule has 0 aromatic heterocycles. The second-order valence-corrected chi connectivity index (χ2v) is 6.65. The van der Waals surface area contributed by atoms with Gasteiger partial charge in [-0.3, -0.25) is 0 Å². The summed E-state index contributed by atoms with van der Waals surface area (Å²) in [6, 6.07) is 0. The molecule has 0 aliphatic heterocycles. The zero-order chi connectivity index (χ0) is 12.3. The van der Waals surface area contributed by atoms with Gasteiger partial charge in [-0.25, -0.2) is 0 Å². The molecule has 2 aliphatic rings. The smallest absolute Gasteiger partial charge is 0.0329 e. The summed E-state index contributed by atoms with van der Waals surface area (Å²) in [7, 11) is 0. The first-order valence-electron chi connectivity index (χ1n) is 7.61. The topological polar surface area (TPSA) is 38.0 Å². The van der Waals surface area contributed by atoms with E-state index < -0.39 is 0 Å². The maximum absolute atomic E-state index is 6.07. The number of rotatable bonds is 6. The minimum Gasteiger partial charge on any atom is -0.329 e. The van der Waals surface area contributed by atoms with Crippen LogP contribution in [-0.2, 0) is 0 Å². The molecule has 100 valence electrons. The number of nitrogens with two attached hydrogens (primary N) is 1. The van der Waals surface area contributed by atoms with Crippen LogP contribution >= 0.6 is 0 Å². The van der Waals surface area contributed by atoms with Crippen molar-refractivity contribution in [2.75, 3.05) is 13.1 Å². The lowest BCUT2D eigenvalue weighted by atomic mass is 9.70. The van der Waals surface area contributed by atoms with Crippen LogP contribution in [0.3, 0.4) is 0 Å². The molecular weight excluding hydrogens is 208 g/mol. The van der Waals surface area contributed by atoms with E-state index in [0.717, 1.165) is 24.3 Å². The minimum atomic E-state index is 0.246. The van der Waals surface area contributed by atoms with E-state index in [2.05, 4.69) is 19.2 Å². The molecular formula is C15H30N2. The molecule has 2 fully saturated rings. The van der Waals surface area contributed by atoms with E-state index in [-0.39, 0.29) is 5.54 Å². The molecule has 0 radical (unpaired) electrons. The van der Waals surface area contributed by atoms with Crippen molar-refractivity contribution < 1.29 is 0 Å². The first-order valence-corrected chi connectivity index (χ1v) is 7.61. The number of hydrogen-bond donors (Lipinski definition) is 2. The number of nitrogens with one attached hydrogen (secondary N) is 1. The Hall–Kier alpha value is -0.0800. The maximum atomic E-state index is 6.07. The van der Waals surface area contributed by atoms with Gasteiger partial charge in [-0.1, -0.05) is 26.7 Å². The molecule has 3 N–H and O–H groups in total. The Balaban J connectivity index is 1.76. The van der Waals surface area contributed by atoms with Crippen molar-refractivity contribution in [3.05, 3.63) is 0 Å². The van der Waals surface area contributed by atoms with Gasteiger partial charge >= 0.3 is 0 Å². The molecule has 2 saturated carbocycles. The SMILES string of the molecule is CC1CCC(CN)(NCCCC2CC2)C(C)C1. The predicted molar refractivity (Wildman–Crippen MR) is 73.9 cm³/mol. The van der Waals surface area contributed by atoms with Crippen molar-refractivity contribution in [1.82, 2.24) is 5.32 Å². The largest absolute Gasteiger partial charge is 0.329 e. The van der Waals surface area contributed by atoms with Crippen LogP contribution in [0.5, 0.6) is 0 Å². The van der Waals surface area contributed by atoms with Crippen LogP contribution < -0.4 is 11.1 Å². The molecule has 0 spiro atoms. The predicted octanol–water partition coefficient (Wildman–Crippen LogP) is 2.92. The van der Waals surface area contributed by atoms with E-state index in [1.807, 2.05) is 0 Å². The summed E-state index contributed by atoms with van der Waals surface area (Å²) in [6.45, 7) is 6.75. The van der Waals surface area contributed by atoms with Crippen LogP contribution in [0.15, 0.2) is 0 Å². The Morgan fingerprint density at radius 3 is 2.59 bits per heavy atom. The maximum Gasteiger partial charge on any atom is 0.0329 e. The van der Waals surface area contributed by atoms with Gasteiger partial charge in [0.1, 0.15) is 0 Å². The van der Waals surface area contributed by atoms with Gasteiger partial charge in [0.25, 0.3) is 0 Å². The molecule has 0 saturated heterocycles. The van der Waals surface area contributed by atoms with Gasteiger partial charge in [-0.15, -0.1) is 0 Å². The summed E-state index contributed by atoms with van der Waals surface area (Å²) in [5.74, 6) is 2.68. The van der Waals surface area contributed by atoms with Gasteiger partial charge in [-0.05, 0) is 56.4 Å². The molecule has 17 heavy (non-hydrogen) atoms. The second kappa shape index (κ2) is 5.71. The molecule has 0 aromatic rings. The zero-order valence-corrected chi connectivity index (χ0v) is 11.7. The van der Waals surface area contributed by atoms with Crippen molar-refractivity contribution in [3.8, 4) is 0 Å². The lowest BCUT2D eigenvalue weighted by Crippen LogP contribution is -2.58. The molecule has 2 heteroatoms. The van der Waals surface area contributed by atoms with Crippen LogP contribution in [0.4, 0.5) is 0 Å². The van der Waals surface area contributed by atoms with E-state index in [9.17, 15) is 0 Å². The molecule has 2 rings (SSSR count). The summed E-state index contributed by atoms with van der Waals surface area (Å²) < 4.78 is 0. The van der Waals surface area contributed by atoms with Crippen LogP contribution in [-0.4, -0.2) is 18.6 Å². The van der Waals surface area contributed by atoms with E-state index >= 15 is 0 Å². The molecule has 3 atom stereocenters. The number of hydrogen-bond acceptors (Lipinski definition) is 2. The van der Waals surface area contributed by atoms with Gasteiger partial charge < -0.3 is 11.1 Å². The Morgan fingerprint density at radius 1 is 1.24 bits per heavy atom. The average Bonchev–Trinajstić information content (AvgIpc) is 3.11. The molecule has 2 aliphatic carbocycles. The summed E-state index contributed by atoms with van der Waals surface area (Å²) in [5.41, 5.74) is 6.31. The second-order valence-electron chi connectivity index (χ2n) is 6.65. The van der Waals surface area contributed by atoms with Crippen LogP contribution in [0, 0.1) is 17.8 Å². The molecule has 0 amide bonds. The summed E-state index contributed by atoms with van der Waals surface area (Å²) in [6.07, 6.45) is 9.69. The first kappa shape index (κ1) is 13.4. The first-order chi connectivity index (χ1) is 8.16. The fourth-order valence-electron chi connectivity index (χ4n) is 3.47. The third-order valence-corrected chi connectivity index (χ3v) is 5.11. The average molecular weight is 238 g/mol. The highest BCUT2D eigenvalue weighted by molar-refractivity contribution is 4.97. The highest BCUT2D eigenvalue weighted by atomic mass is 15.0. The van der Waals surface area contributed by atoms with E-state index in [1.165, 1.54) is 51.5 Å². The van der Waals surface area contributed by atoms with Gasteiger partial charge in [-0.2, -0.15) is 0 Å². The lowest BCUT2D eigenvalue weighted by Gasteiger charge is -2.45. The van der Waals surface area contributed by atoms with Crippen molar-refractivity contribution in [2.45, 2.75) is 64.3 Å². The third kappa shape index (κ3) is 3.45. The Labute approximate surface area is 107 Å². The molecule has 0 heterocycles. The van der Waals surface area contributed by atoms with Crippen LogP contribution in [0.25, 0.3) is 0 Å². The standard InChI is InChI=1S/C15H30N2/c1-12-7-8-15(11-16,13(2)10-12)17-9-3-4-14-5-6-14/h12-14,17H,3-11,16H2,1-2H3. The van der Waals surface area contributed by atoms with Crippen molar-refractivity contribution in [1.29, 1.82) is 0 Å². The van der Waals surface area contributed by atoms with Gasteiger partial charge in [0, 0.05) is 12.1 Å². The van der Waals surface area contributed by atoms with Crippen LogP contribution in [0.2, 0.25) is 0 Å². The van der Waals surface area contributed by atoms with Gasteiger partial charge in [0.15, 0.2) is 0 Å².